The highest BCUT2D eigenvalue weighted by Gasteiger charge is 2.25. The van der Waals surface area contributed by atoms with Gasteiger partial charge in [0.25, 0.3) is 5.91 Å². The van der Waals surface area contributed by atoms with E-state index in [9.17, 15) is 9.59 Å². The largest absolute Gasteiger partial charge is 0.426 e. The van der Waals surface area contributed by atoms with Crippen molar-refractivity contribution in [3.8, 4) is 5.75 Å². The van der Waals surface area contributed by atoms with Crippen molar-refractivity contribution in [2.24, 2.45) is 5.73 Å². The maximum atomic E-state index is 13.2. The van der Waals surface area contributed by atoms with Crippen LogP contribution in [0.25, 0.3) is 10.8 Å². The van der Waals surface area contributed by atoms with Crippen LogP contribution in [0.3, 0.4) is 0 Å². The zero-order valence-electron chi connectivity index (χ0n) is 15.0. The average Bonchev–Trinajstić information content (AvgIpc) is 2.62. The minimum absolute atomic E-state index is 0. The molecule has 144 valence electrons. The number of fused-ring (bicyclic) bond motifs is 1. The summed E-state index contributed by atoms with van der Waals surface area (Å²) in [5.74, 6) is -1.50. The Bertz CT molecular complexity index is 1050. The van der Waals surface area contributed by atoms with Crippen LogP contribution in [0.5, 0.6) is 5.75 Å². The first-order chi connectivity index (χ1) is 12.9. The summed E-state index contributed by atoms with van der Waals surface area (Å²) in [4.78, 5) is 25.7. The maximum Gasteiger partial charge on any atom is 0.308 e. The monoisotopic (exact) mass is 398 g/mol. The highest BCUT2D eigenvalue weighted by Crippen LogP contribution is 2.29. The van der Waals surface area contributed by atoms with Gasteiger partial charge in [-0.1, -0.05) is 24.3 Å². The molecule has 0 unspecified atom stereocenters. The lowest BCUT2D eigenvalue weighted by Crippen LogP contribution is -2.41. The van der Waals surface area contributed by atoms with Crippen LogP contribution in [0, 0.1) is 5.41 Å². The Morgan fingerprint density at radius 1 is 1.00 bits per heavy atom. The number of carbonyl (C=O) groups is 2. The number of nitrogen functional groups attached to an aromatic ring is 1. The third-order valence-electron chi connectivity index (χ3n) is 3.93. The van der Waals surface area contributed by atoms with Crippen molar-refractivity contribution in [1.82, 2.24) is 0 Å². The summed E-state index contributed by atoms with van der Waals surface area (Å²) >= 11 is 0. The van der Waals surface area contributed by atoms with E-state index in [-0.39, 0.29) is 23.7 Å². The molecule has 0 heterocycles. The summed E-state index contributed by atoms with van der Waals surface area (Å²) in [7, 11) is 0. The van der Waals surface area contributed by atoms with Crippen LogP contribution in [0.15, 0.2) is 60.7 Å². The first-order valence-electron chi connectivity index (χ1n) is 8.12. The van der Waals surface area contributed by atoms with Crippen LogP contribution < -0.4 is 21.1 Å². The fourth-order valence-electron chi connectivity index (χ4n) is 2.74. The second kappa shape index (κ2) is 8.41. The lowest BCUT2D eigenvalue weighted by atomic mass is 10.0. The van der Waals surface area contributed by atoms with Gasteiger partial charge in [0.2, 0.25) is 0 Å². The third-order valence-corrected chi connectivity index (χ3v) is 3.93. The first-order valence-corrected chi connectivity index (χ1v) is 8.12. The van der Waals surface area contributed by atoms with Crippen LogP contribution in [0.4, 0.5) is 11.4 Å². The highest BCUT2D eigenvalue weighted by atomic mass is 35.5. The normalized spacial score (nSPS) is 10.0. The number of ether oxygens (including phenoxy) is 1. The van der Waals surface area contributed by atoms with Gasteiger partial charge in [-0.05, 0) is 47.2 Å². The van der Waals surface area contributed by atoms with Crippen molar-refractivity contribution in [3.63, 3.8) is 0 Å². The SMILES string of the molecule is CC(=O)Oc1cc2ccccc2cc1C(=O)N(C(=N)N)c1ccc(N)cc1.Cl. The van der Waals surface area contributed by atoms with E-state index >= 15 is 0 Å². The third kappa shape index (κ3) is 4.21. The molecule has 0 aromatic heterocycles. The maximum absolute atomic E-state index is 13.2. The molecule has 1 amide bonds. The molecule has 3 rings (SSSR count). The number of esters is 1. The van der Waals surface area contributed by atoms with Crippen molar-refractivity contribution in [2.75, 3.05) is 10.6 Å². The first kappa shape index (κ1) is 20.7. The minimum Gasteiger partial charge on any atom is -0.426 e. The Hall–Kier alpha value is -3.58. The van der Waals surface area contributed by atoms with Gasteiger partial charge in [-0.3, -0.25) is 15.0 Å². The predicted molar refractivity (Wildman–Crippen MR) is 112 cm³/mol. The van der Waals surface area contributed by atoms with Crippen molar-refractivity contribution in [1.29, 1.82) is 5.41 Å². The number of nitrogens with one attached hydrogen (secondary N) is 1. The molecule has 0 spiro atoms. The van der Waals surface area contributed by atoms with E-state index in [0.29, 0.717) is 11.4 Å². The lowest BCUT2D eigenvalue weighted by Gasteiger charge is -2.22. The van der Waals surface area contributed by atoms with Crippen LogP contribution >= 0.6 is 12.4 Å². The van der Waals surface area contributed by atoms with Crippen molar-refractivity contribution < 1.29 is 14.3 Å². The Labute approximate surface area is 167 Å². The van der Waals surface area contributed by atoms with Gasteiger partial charge < -0.3 is 16.2 Å². The van der Waals surface area contributed by atoms with Gasteiger partial charge in [0.1, 0.15) is 5.75 Å². The number of carbonyl (C=O) groups excluding carboxylic acids is 2. The summed E-state index contributed by atoms with van der Waals surface area (Å²) in [6, 6.07) is 17.0. The van der Waals surface area contributed by atoms with Crippen LogP contribution in [0.2, 0.25) is 0 Å². The zero-order valence-corrected chi connectivity index (χ0v) is 15.8. The highest BCUT2D eigenvalue weighted by molar-refractivity contribution is 6.22. The van der Waals surface area contributed by atoms with Gasteiger partial charge in [0.05, 0.1) is 11.3 Å². The smallest absolute Gasteiger partial charge is 0.308 e. The lowest BCUT2D eigenvalue weighted by molar-refractivity contribution is -0.131. The number of amides is 1. The summed E-state index contributed by atoms with van der Waals surface area (Å²) in [5, 5.41) is 9.44. The number of halogens is 1. The Balaban J connectivity index is 0.00000280. The van der Waals surface area contributed by atoms with Gasteiger partial charge in [-0.25, -0.2) is 4.90 Å². The second-order valence-corrected chi connectivity index (χ2v) is 5.91. The predicted octanol–water partition coefficient (Wildman–Crippen LogP) is 3.31. The second-order valence-electron chi connectivity index (χ2n) is 5.91. The minimum atomic E-state index is -0.589. The molecule has 0 saturated heterocycles. The summed E-state index contributed by atoms with van der Waals surface area (Å²) in [5.41, 5.74) is 12.4. The number of benzene rings is 3. The van der Waals surface area contributed by atoms with Gasteiger partial charge >= 0.3 is 5.97 Å². The van der Waals surface area contributed by atoms with E-state index in [4.69, 9.17) is 21.6 Å². The molecule has 0 atom stereocenters. The number of nitrogens with two attached hydrogens (primary N) is 2. The van der Waals surface area contributed by atoms with E-state index in [2.05, 4.69) is 0 Å². The molecule has 0 aliphatic heterocycles. The number of hydrogen-bond donors (Lipinski definition) is 3. The van der Waals surface area contributed by atoms with Gasteiger partial charge in [-0.15, -0.1) is 12.4 Å². The van der Waals surface area contributed by atoms with E-state index in [1.54, 1.807) is 36.4 Å². The molecule has 28 heavy (non-hydrogen) atoms. The number of hydrogen-bond acceptors (Lipinski definition) is 5. The molecule has 3 aromatic carbocycles. The molecular weight excluding hydrogens is 380 g/mol. The molecule has 3 aromatic rings. The fourth-order valence-corrected chi connectivity index (χ4v) is 2.74. The van der Waals surface area contributed by atoms with Crippen LogP contribution in [-0.2, 0) is 4.79 Å². The standard InChI is InChI=1S/C20H18N4O3.ClH/c1-12(25)27-18-11-14-5-3-2-4-13(14)10-17(18)19(26)24(20(22)23)16-8-6-15(21)7-9-16;/h2-11H,21H2,1H3,(H3,22,23);1H. The Kier molecular flexibility index (Phi) is 6.22. The zero-order chi connectivity index (χ0) is 19.6. The molecule has 0 saturated carbocycles. The molecule has 0 fully saturated rings. The Morgan fingerprint density at radius 3 is 2.11 bits per heavy atom. The molecule has 8 heteroatoms. The quantitative estimate of drug-likeness (QED) is 0.205. The topological polar surface area (TPSA) is 122 Å². The number of anilines is 2. The van der Waals surface area contributed by atoms with E-state index in [0.717, 1.165) is 15.7 Å². The van der Waals surface area contributed by atoms with E-state index in [1.807, 2.05) is 24.3 Å². The molecule has 0 bridgehead atoms. The summed E-state index contributed by atoms with van der Waals surface area (Å²) < 4.78 is 5.24. The molecular formula is C20H19ClN4O3. The van der Waals surface area contributed by atoms with Crippen molar-refractivity contribution in [3.05, 3.63) is 66.2 Å². The van der Waals surface area contributed by atoms with Crippen molar-refractivity contribution >= 4 is 52.4 Å². The Morgan fingerprint density at radius 2 is 1.57 bits per heavy atom. The average molecular weight is 399 g/mol. The van der Waals surface area contributed by atoms with Crippen LogP contribution in [-0.4, -0.2) is 17.8 Å². The fraction of sp³-hybridized carbons (Fsp3) is 0.0500. The number of guanidine groups is 1. The van der Waals surface area contributed by atoms with Gasteiger partial charge in [0.15, 0.2) is 5.96 Å². The molecule has 7 nitrogen and oxygen atoms in total. The molecule has 5 N–H and O–H groups in total. The van der Waals surface area contributed by atoms with Crippen molar-refractivity contribution in [2.45, 2.75) is 6.92 Å². The summed E-state index contributed by atoms with van der Waals surface area (Å²) in [6.45, 7) is 1.26. The number of nitrogens with zero attached hydrogens (tertiary/aromatic N) is 1. The molecule has 0 radical (unpaired) electrons. The van der Waals surface area contributed by atoms with E-state index < -0.39 is 17.8 Å². The molecule has 0 aliphatic carbocycles. The van der Waals surface area contributed by atoms with E-state index in [1.165, 1.54) is 6.92 Å². The molecule has 0 aliphatic rings. The van der Waals surface area contributed by atoms with Crippen LogP contribution in [0.1, 0.15) is 17.3 Å². The van der Waals surface area contributed by atoms with Gasteiger partial charge in [0, 0.05) is 12.6 Å². The number of rotatable bonds is 3. The summed E-state index contributed by atoms with van der Waals surface area (Å²) in [6.07, 6.45) is 0. The van der Waals surface area contributed by atoms with Gasteiger partial charge in [-0.2, -0.15) is 0 Å².